The lowest BCUT2D eigenvalue weighted by Crippen LogP contribution is -2.32. The van der Waals surface area contributed by atoms with Gasteiger partial charge in [0.2, 0.25) is 5.91 Å². The van der Waals surface area contributed by atoms with Crippen LogP contribution < -0.4 is 5.56 Å². The lowest BCUT2D eigenvalue weighted by atomic mass is 10.2. The molecule has 1 aromatic carbocycles. The Labute approximate surface area is 173 Å². The maximum Gasteiger partial charge on any atom is 0.265 e. The van der Waals surface area contributed by atoms with Crippen molar-refractivity contribution in [3.05, 3.63) is 46.4 Å². The first-order valence-electron chi connectivity index (χ1n) is 9.93. The highest BCUT2D eigenvalue weighted by Gasteiger charge is 2.30. The van der Waals surface area contributed by atoms with Crippen molar-refractivity contribution in [2.45, 2.75) is 44.3 Å². The van der Waals surface area contributed by atoms with Crippen molar-refractivity contribution in [3.63, 3.8) is 0 Å². The SMILES string of the molecule is CCCCN(C)C(=O)CC1CSc2nc3c(cnn3-c3cccc(C)c3)c(=O)n21. The van der Waals surface area contributed by atoms with E-state index in [-0.39, 0.29) is 17.5 Å². The van der Waals surface area contributed by atoms with E-state index in [1.165, 1.54) is 11.8 Å². The van der Waals surface area contributed by atoms with E-state index in [1.807, 2.05) is 38.2 Å². The fourth-order valence-electron chi connectivity index (χ4n) is 3.61. The standard InChI is InChI=1S/C21H25N5O2S/c1-4-5-9-24(3)18(27)11-16-13-29-21-23-19-17(20(28)25(16)21)12-22-26(19)15-8-6-7-14(2)10-15/h6-8,10,12,16H,4-5,9,11,13H2,1-3H3. The molecule has 8 heteroatoms. The van der Waals surface area contributed by atoms with Gasteiger partial charge in [-0.25, -0.2) is 9.67 Å². The molecule has 0 aliphatic carbocycles. The Morgan fingerprint density at radius 3 is 2.97 bits per heavy atom. The number of fused-ring (bicyclic) bond motifs is 2. The second-order valence-corrected chi connectivity index (χ2v) is 8.53. The van der Waals surface area contributed by atoms with Crippen molar-refractivity contribution in [1.82, 2.24) is 24.2 Å². The van der Waals surface area contributed by atoms with Crippen LogP contribution in [0.4, 0.5) is 0 Å². The van der Waals surface area contributed by atoms with Crippen LogP contribution in [0.5, 0.6) is 0 Å². The minimum absolute atomic E-state index is 0.0688. The third kappa shape index (κ3) is 3.69. The number of benzene rings is 1. The van der Waals surface area contributed by atoms with Crippen molar-refractivity contribution < 1.29 is 4.79 Å². The van der Waals surface area contributed by atoms with Crippen molar-refractivity contribution in [2.75, 3.05) is 19.3 Å². The Morgan fingerprint density at radius 1 is 1.38 bits per heavy atom. The molecule has 1 amide bonds. The Morgan fingerprint density at radius 2 is 2.21 bits per heavy atom. The van der Waals surface area contributed by atoms with Crippen LogP contribution in [0.25, 0.3) is 16.7 Å². The van der Waals surface area contributed by atoms with Crippen LogP contribution in [-0.4, -0.2) is 49.5 Å². The van der Waals surface area contributed by atoms with E-state index >= 15 is 0 Å². The molecule has 29 heavy (non-hydrogen) atoms. The van der Waals surface area contributed by atoms with E-state index in [0.717, 1.165) is 30.6 Å². The first-order chi connectivity index (χ1) is 14.0. The fraction of sp³-hybridized carbons (Fsp3) is 0.429. The summed E-state index contributed by atoms with van der Waals surface area (Å²) in [5.74, 6) is 0.749. The molecule has 0 bridgehead atoms. The number of thioether (sulfide) groups is 1. The van der Waals surface area contributed by atoms with E-state index in [0.29, 0.717) is 28.4 Å². The molecule has 3 heterocycles. The lowest BCUT2D eigenvalue weighted by Gasteiger charge is -2.20. The lowest BCUT2D eigenvalue weighted by molar-refractivity contribution is -0.130. The zero-order valence-corrected chi connectivity index (χ0v) is 17.8. The predicted molar refractivity (Wildman–Crippen MR) is 115 cm³/mol. The molecule has 3 aromatic rings. The molecule has 1 atom stereocenters. The summed E-state index contributed by atoms with van der Waals surface area (Å²) in [7, 11) is 1.83. The number of amides is 1. The number of aromatic nitrogens is 4. The zero-order valence-electron chi connectivity index (χ0n) is 17.0. The van der Waals surface area contributed by atoms with Crippen molar-refractivity contribution >= 4 is 28.7 Å². The topological polar surface area (TPSA) is 73.0 Å². The highest BCUT2D eigenvalue weighted by Crippen LogP contribution is 2.33. The largest absolute Gasteiger partial charge is 0.346 e. The molecule has 0 radical (unpaired) electrons. The summed E-state index contributed by atoms with van der Waals surface area (Å²) >= 11 is 1.53. The molecule has 0 fully saturated rings. The molecule has 4 rings (SSSR count). The number of aryl methyl sites for hydroxylation is 1. The Hall–Kier alpha value is -2.61. The van der Waals surface area contributed by atoms with Crippen molar-refractivity contribution in [1.29, 1.82) is 0 Å². The van der Waals surface area contributed by atoms with Gasteiger partial charge in [0.15, 0.2) is 10.8 Å². The summed E-state index contributed by atoms with van der Waals surface area (Å²) < 4.78 is 3.39. The molecule has 152 valence electrons. The maximum absolute atomic E-state index is 13.2. The van der Waals surface area contributed by atoms with Gasteiger partial charge in [-0.15, -0.1) is 0 Å². The number of rotatable bonds is 6. The summed E-state index contributed by atoms with van der Waals surface area (Å²) in [4.78, 5) is 32.3. The van der Waals surface area contributed by atoms with Gasteiger partial charge >= 0.3 is 0 Å². The smallest absolute Gasteiger partial charge is 0.265 e. The summed E-state index contributed by atoms with van der Waals surface area (Å²) in [6.45, 7) is 4.87. The predicted octanol–water partition coefficient (Wildman–Crippen LogP) is 3.19. The molecule has 1 unspecified atom stereocenters. The van der Waals surface area contributed by atoms with Gasteiger partial charge in [0.05, 0.1) is 17.9 Å². The van der Waals surface area contributed by atoms with Crippen LogP contribution in [-0.2, 0) is 4.79 Å². The molecule has 7 nitrogen and oxygen atoms in total. The first-order valence-corrected chi connectivity index (χ1v) is 10.9. The van der Waals surface area contributed by atoms with Crippen LogP contribution in [0.1, 0.15) is 37.8 Å². The average molecular weight is 412 g/mol. The van der Waals surface area contributed by atoms with Gasteiger partial charge in [0, 0.05) is 25.8 Å². The summed E-state index contributed by atoms with van der Waals surface area (Å²) in [5.41, 5.74) is 2.43. The molecular weight excluding hydrogens is 386 g/mol. The number of unbranched alkanes of at least 4 members (excludes halogenated alkanes) is 1. The van der Waals surface area contributed by atoms with E-state index in [2.05, 4.69) is 12.0 Å². The summed E-state index contributed by atoms with van der Waals surface area (Å²) in [5, 5.41) is 5.55. The normalized spacial score (nSPS) is 15.6. The maximum atomic E-state index is 13.2. The molecule has 0 saturated carbocycles. The average Bonchev–Trinajstić information content (AvgIpc) is 3.31. The van der Waals surface area contributed by atoms with Gasteiger partial charge < -0.3 is 4.90 Å². The molecule has 1 aliphatic rings. The van der Waals surface area contributed by atoms with E-state index < -0.39 is 0 Å². The summed E-state index contributed by atoms with van der Waals surface area (Å²) in [6.07, 6.45) is 3.93. The van der Waals surface area contributed by atoms with Crippen molar-refractivity contribution in [3.8, 4) is 5.69 Å². The first kappa shape index (κ1) is 19.7. The minimum Gasteiger partial charge on any atom is -0.346 e. The van der Waals surface area contributed by atoms with Crippen LogP contribution in [0.15, 0.2) is 40.4 Å². The molecule has 1 aliphatic heterocycles. The number of carbonyl (C=O) groups is 1. The number of carbonyl (C=O) groups excluding carboxylic acids is 1. The van der Waals surface area contributed by atoms with Gasteiger partial charge in [-0.05, 0) is 31.0 Å². The fourth-order valence-corrected chi connectivity index (χ4v) is 4.74. The third-order valence-electron chi connectivity index (χ3n) is 5.30. The van der Waals surface area contributed by atoms with Gasteiger partial charge in [0.25, 0.3) is 5.56 Å². The second kappa shape index (κ2) is 8.02. The number of hydrogen-bond donors (Lipinski definition) is 0. The third-order valence-corrected chi connectivity index (χ3v) is 6.40. The zero-order chi connectivity index (χ0) is 20.5. The van der Waals surface area contributed by atoms with Crippen LogP contribution in [0.3, 0.4) is 0 Å². The Kier molecular flexibility index (Phi) is 5.45. The summed E-state index contributed by atoms with van der Waals surface area (Å²) in [6, 6.07) is 7.78. The van der Waals surface area contributed by atoms with Gasteiger partial charge in [-0.1, -0.05) is 37.2 Å². The quantitative estimate of drug-likeness (QED) is 0.583. The highest BCUT2D eigenvalue weighted by molar-refractivity contribution is 7.99. The Bertz CT molecular complexity index is 1120. The molecule has 0 saturated heterocycles. The van der Waals surface area contributed by atoms with Gasteiger partial charge in [-0.2, -0.15) is 5.10 Å². The van der Waals surface area contributed by atoms with Crippen LogP contribution in [0, 0.1) is 6.92 Å². The molecule has 0 spiro atoms. The van der Waals surface area contributed by atoms with Crippen LogP contribution in [0.2, 0.25) is 0 Å². The van der Waals surface area contributed by atoms with Gasteiger partial charge in [0.1, 0.15) is 5.39 Å². The van der Waals surface area contributed by atoms with Crippen LogP contribution >= 0.6 is 11.8 Å². The number of nitrogens with zero attached hydrogens (tertiary/aromatic N) is 5. The molecular formula is C21H25N5O2S. The Balaban J connectivity index is 1.67. The van der Waals surface area contributed by atoms with E-state index in [9.17, 15) is 9.59 Å². The monoisotopic (exact) mass is 411 g/mol. The van der Waals surface area contributed by atoms with E-state index in [4.69, 9.17) is 4.98 Å². The van der Waals surface area contributed by atoms with Crippen molar-refractivity contribution in [2.24, 2.45) is 0 Å². The molecule has 2 aromatic heterocycles. The molecule has 0 N–H and O–H groups in total. The number of hydrogen-bond acceptors (Lipinski definition) is 5. The minimum atomic E-state index is -0.168. The van der Waals surface area contributed by atoms with E-state index in [1.54, 1.807) is 20.3 Å². The van der Waals surface area contributed by atoms with Gasteiger partial charge in [-0.3, -0.25) is 14.2 Å². The second-order valence-electron chi connectivity index (χ2n) is 7.54. The highest BCUT2D eigenvalue weighted by atomic mass is 32.2.